The SMILES string of the molecule is COc1ccc2c(-c3nc(NC4CC4c4cccc(CN5CCC(N6CCC(O)C6)CC5)c4)ncc3Cl)c[nH]c2c1. The molecule has 2 aliphatic heterocycles. The summed E-state index contributed by atoms with van der Waals surface area (Å²) in [7, 11) is 1.66. The van der Waals surface area contributed by atoms with Gasteiger partial charge in [-0.1, -0.05) is 35.9 Å². The minimum absolute atomic E-state index is 0.130. The molecular formula is C32H37ClN6O2. The van der Waals surface area contributed by atoms with Gasteiger partial charge in [-0.25, -0.2) is 9.97 Å². The summed E-state index contributed by atoms with van der Waals surface area (Å²) in [6.07, 6.45) is 7.86. The minimum atomic E-state index is -0.130. The smallest absolute Gasteiger partial charge is 0.223 e. The first kappa shape index (κ1) is 26.7. The maximum absolute atomic E-state index is 9.89. The normalized spacial score (nSPS) is 23.7. The van der Waals surface area contributed by atoms with Crippen LogP contribution in [-0.4, -0.2) is 81.3 Å². The van der Waals surface area contributed by atoms with Crippen molar-refractivity contribution in [3.05, 3.63) is 71.0 Å². The van der Waals surface area contributed by atoms with Crippen molar-refractivity contribution in [2.75, 3.05) is 38.6 Å². The molecule has 1 saturated carbocycles. The number of ether oxygens (including phenoxy) is 1. The first-order valence-corrected chi connectivity index (χ1v) is 15.1. The number of halogens is 1. The van der Waals surface area contributed by atoms with Crippen LogP contribution >= 0.6 is 11.6 Å². The zero-order valence-corrected chi connectivity index (χ0v) is 24.1. The standard InChI is InChI=1S/C32H37ClN6O2/c1-41-24-5-6-25-27(16-34-29(25)14-24)31-28(33)17-35-32(37-31)36-30-15-26(30)21-4-2-3-20(13-21)18-38-10-7-22(8-11-38)39-12-9-23(40)19-39/h2-6,13-14,16-17,22-23,26,30,34,40H,7-12,15,18-19H2,1H3,(H,35,36,37). The van der Waals surface area contributed by atoms with Gasteiger partial charge >= 0.3 is 0 Å². The van der Waals surface area contributed by atoms with Crippen LogP contribution in [0.4, 0.5) is 5.95 Å². The Bertz CT molecular complexity index is 1530. The number of anilines is 1. The highest BCUT2D eigenvalue weighted by molar-refractivity contribution is 6.33. The molecule has 3 unspecified atom stereocenters. The van der Waals surface area contributed by atoms with Gasteiger partial charge in [0.25, 0.3) is 0 Å². The number of piperidine rings is 1. The van der Waals surface area contributed by atoms with Crippen LogP contribution in [0.15, 0.2) is 54.9 Å². The molecule has 2 aromatic carbocycles. The first-order chi connectivity index (χ1) is 20.0. The van der Waals surface area contributed by atoms with E-state index in [1.807, 2.05) is 24.4 Å². The molecule has 4 aromatic rings. The molecule has 41 heavy (non-hydrogen) atoms. The molecule has 2 saturated heterocycles. The summed E-state index contributed by atoms with van der Waals surface area (Å²) in [5.74, 6) is 1.85. The molecule has 8 nitrogen and oxygen atoms in total. The van der Waals surface area contributed by atoms with Crippen molar-refractivity contribution in [3.63, 3.8) is 0 Å². The monoisotopic (exact) mass is 572 g/mol. The number of H-pyrrole nitrogens is 1. The highest BCUT2D eigenvalue weighted by atomic mass is 35.5. The largest absolute Gasteiger partial charge is 0.497 e. The van der Waals surface area contributed by atoms with E-state index in [1.165, 1.54) is 24.0 Å². The van der Waals surface area contributed by atoms with Gasteiger partial charge in [0, 0.05) is 66.4 Å². The molecule has 0 bridgehead atoms. The van der Waals surface area contributed by atoms with Crippen molar-refractivity contribution in [1.29, 1.82) is 0 Å². The molecule has 3 fully saturated rings. The van der Waals surface area contributed by atoms with Crippen molar-refractivity contribution in [1.82, 2.24) is 24.8 Å². The predicted molar refractivity (Wildman–Crippen MR) is 163 cm³/mol. The topological polar surface area (TPSA) is 89.5 Å². The maximum atomic E-state index is 9.89. The number of methoxy groups -OCH3 is 1. The van der Waals surface area contributed by atoms with E-state index in [4.69, 9.17) is 21.3 Å². The second-order valence-corrected chi connectivity index (χ2v) is 12.2. The van der Waals surface area contributed by atoms with E-state index in [1.54, 1.807) is 13.3 Å². The van der Waals surface area contributed by atoms with E-state index in [0.29, 0.717) is 34.7 Å². The van der Waals surface area contributed by atoms with Crippen LogP contribution in [0, 0.1) is 0 Å². The van der Waals surface area contributed by atoms with Gasteiger partial charge in [-0.05, 0) is 62.0 Å². The summed E-state index contributed by atoms with van der Waals surface area (Å²) in [6, 6.07) is 15.9. The molecule has 1 aliphatic carbocycles. The summed E-state index contributed by atoms with van der Waals surface area (Å²) in [4.78, 5) is 17.7. The van der Waals surface area contributed by atoms with E-state index >= 15 is 0 Å². The van der Waals surface area contributed by atoms with Gasteiger partial charge in [-0.15, -0.1) is 0 Å². The zero-order chi connectivity index (χ0) is 27.9. The number of hydrogen-bond acceptors (Lipinski definition) is 7. The number of hydrogen-bond donors (Lipinski definition) is 3. The van der Waals surface area contributed by atoms with Crippen LogP contribution in [0.25, 0.3) is 22.2 Å². The number of aromatic amines is 1. The summed E-state index contributed by atoms with van der Waals surface area (Å²) in [5, 5.41) is 15.0. The number of aliphatic hydroxyl groups is 1. The number of nitrogens with one attached hydrogen (secondary N) is 2. The summed E-state index contributed by atoms with van der Waals surface area (Å²) in [5.41, 5.74) is 5.39. The van der Waals surface area contributed by atoms with Crippen molar-refractivity contribution in [3.8, 4) is 17.0 Å². The van der Waals surface area contributed by atoms with Crippen molar-refractivity contribution in [2.24, 2.45) is 0 Å². The van der Waals surface area contributed by atoms with Crippen molar-refractivity contribution >= 4 is 28.5 Å². The third-order valence-corrected chi connectivity index (χ3v) is 9.32. The Morgan fingerprint density at radius 3 is 2.80 bits per heavy atom. The van der Waals surface area contributed by atoms with Gasteiger partial charge < -0.3 is 20.1 Å². The summed E-state index contributed by atoms with van der Waals surface area (Å²) >= 11 is 6.56. The van der Waals surface area contributed by atoms with E-state index < -0.39 is 0 Å². The van der Waals surface area contributed by atoms with Gasteiger partial charge in [0.05, 0.1) is 30.1 Å². The van der Waals surface area contributed by atoms with Crippen LogP contribution in [-0.2, 0) is 6.54 Å². The lowest BCUT2D eigenvalue weighted by molar-refractivity contribution is 0.106. The molecule has 2 aromatic heterocycles. The Labute approximate surface area is 245 Å². The predicted octanol–water partition coefficient (Wildman–Crippen LogP) is 5.29. The molecule has 0 amide bonds. The Balaban J connectivity index is 0.979. The Morgan fingerprint density at radius 1 is 1.12 bits per heavy atom. The summed E-state index contributed by atoms with van der Waals surface area (Å²) in [6.45, 7) is 5.13. The lowest BCUT2D eigenvalue weighted by Crippen LogP contribution is -2.44. The van der Waals surface area contributed by atoms with Gasteiger partial charge in [0.1, 0.15) is 5.75 Å². The van der Waals surface area contributed by atoms with Gasteiger partial charge in [-0.3, -0.25) is 9.80 Å². The molecule has 3 N–H and O–H groups in total. The van der Waals surface area contributed by atoms with Crippen LogP contribution in [0.5, 0.6) is 5.75 Å². The van der Waals surface area contributed by atoms with Crippen molar-refractivity contribution < 1.29 is 9.84 Å². The molecule has 3 atom stereocenters. The van der Waals surface area contributed by atoms with Crippen molar-refractivity contribution in [2.45, 2.75) is 56.3 Å². The fourth-order valence-corrected chi connectivity index (χ4v) is 6.86. The van der Waals surface area contributed by atoms with E-state index in [0.717, 1.165) is 67.8 Å². The van der Waals surface area contributed by atoms with Crippen LogP contribution in [0.1, 0.15) is 42.7 Å². The third kappa shape index (κ3) is 5.66. The number of fused-ring (bicyclic) bond motifs is 1. The second kappa shape index (κ2) is 11.2. The lowest BCUT2D eigenvalue weighted by Gasteiger charge is -2.36. The number of aliphatic hydroxyl groups excluding tert-OH is 1. The first-order valence-electron chi connectivity index (χ1n) is 14.7. The van der Waals surface area contributed by atoms with Crippen LogP contribution in [0.2, 0.25) is 5.02 Å². The van der Waals surface area contributed by atoms with Crippen LogP contribution < -0.4 is 10.1 Å². The van der Waals surface area contributed by atoms with Gasteiger partial charge in [-0.2, -0.15) is 0 Å². The molecule has 0 radical (unpaired) electrons. The number of aromatic nitrogens is 3. The number of rotatable bonds is 8. The Hall–Kier alpha value is -3.17. The van der Waals surface area contributed by atoms with Gasteiger partial charge in [0.15, 0.2) is 0 Å². The number of likely N-dealkylation sites (tertiary alicyclic amines) is 2. The molecule has 0 spiro atoms. The molecule has 214 valence electrons. The maximum Gasteiger partial charge on any atom is 0.223 e. The lowest BCUT2D eigenvalue weighted by atomic mass is 10.0. The Kier molecular flexibility index (Phi) is 7.33. The van der Waals surface area contributed by atoms with E-state index in [2.05, 4.69) is 49.4 Å². The summed E-state index contributed by atoms with van der Waals surface area (Å²) < 4.78 is 5.35. The molecule has 3 aliphatic rings. The molecular weight excluding hydrogens is 536 g/mol. The fraction of sp³-hybridized carbons (Fsp3) is 0.438. The highest BCUT2D eigenvalue weighted by Crippen LogP contribution is 2.43. The van der Waals surface area contributed by atoms with Crippen LogP contribution in [0.3, 0.4) is 0 Å². The molecule has 4 heterocycles. The molecule has 9 heteroatoms. The highest BCUT2D eigenvalue weighted by Gasteiger charge is 2.39. The quantitative estimate of drug-likeness (QED) is 0.264. The third-order valence-electron chi connectivity index (χ3n) is 9.05. The van der Waals surface area contributed by atoms with E-state index in [-0.39, 0.29) is 6.10 Å². The zero-order valence-electron chi connectivity index (χ0n) is 23.4. The average Bonchev–Trinajstić information content (AvgIpc) is 3.41. The molecule has 7 rings (SSSR count). The van der Waals surface area contributed by atoms with E-state index in [9.17, 15) is 5.11 Å². The minimum Gasteiger partial charge on any atom is -0.497 e. The van der Waals surface area contributed by atoms with Gasteiger partial charge in [0.2, 0.25) is 5.95 Å². The number of benzene rings is 2. The fourth-order valence-electron chi connectivity index (χ4n) is 6.67. The Morgan fingerprint density at radius 2 is 2.00 bits per heavy atom. The average molecular weight is 573 g/mol. The second-order valence-electron chi connectivity index (χ2n) is 11.8. The number of β-amino-alcohol motifs (C(OH)–C–C–N with tert-alkyl or cyclic N) is 1. The number of nitrogens with zero attached hydrogens (tertiary/aromatic N) is 4.